The maximum Gasteiger partial charge on any atom is 0.329 e. The van der Waals surface area contributed by atoms with Gasteiger partial charge in [0, 0.05) is 25.6 Å². The molecular weight excluding hydrogens is 346 g/mol. The molecule has 2 aromatic heterocycles. The monoisotopic (exact) mass is 359 g/mol. The van der Waals surface area contributed by atoms with Crippen LogP contribution in [0.5, 0.6) is 0 Å². The van der Waals surface area contributed by atoms with Gasteiger partial charge >= 0.3 is 5.69 Å². The number of nitro groups is 1. The van der Waals surface area contributed by atoms with Gasteiger partial charge in [-0.25, -0.2) is 9.78 Å². The normalized spacial score (nSPS) is 12.2. The second-order valence-electron chi connectivity index (χ2n) is 5.60. The molecule has 11 heteroatoms. The van der Waals surface area contributed by atoms with E-state index in [1.54, 1.807) is 0 Å². The Labute approximate surface area is 143 Å². The average Bonchev–Trinajstić information content (AvgIpc) is 2.61. The Balaban J connectivity index is 2.04. The summed E-state index contributed by atoms with van der Waals surface area (Å²) in [6.45, 7) is 0. The van der Waals surface area contributed by atoms with Gasteiger partial charge in [-0.1, -0.05) is 12.1 Å². The van der Waals surface area contributed by atoms with Crippen LogP contribution in [-0.2, 0) is 13.5 Å². The van der Waals surface area contributed by atoms with Gasteiger partial charge in [-0.15, -0.1) is 0 Å². The summed E-state index contributed by atoms with van der Waals surface area (Å²) in [5.41, 5.74) is -2.47. The van der Waals surface area contributed by atoms with Gasteiger partial charge in [0.05, 0.1) is 11.0 Å². The van der Waals surface area contributed by atoms with Crippen LogP contribution in [0.2, 0.25) is 0 Å². The van der Waals surface area contributed by atoms with Crippen molar-refractivity contribution in [2.45, 2.75) is 12.5 Å². The Kier molecular flexibility index (Phi) is 4.22. The number of nitrogens with zero attached hydrogens (tertiary/aromatic N) is 3. The highest BCUT2D eigenvalue weighted by Gasteiger charge is 2.17. The second kappa shape index (κ2) is 6.37. The number of aromatic amines is 2. The summed E-state index contributed by atoms with van der Waals surface area (Å²) in [6.07, 6.45) is -1.51. The predicted molar refractivity (Wildman–Crippen MR) is 90.0 cm³/mol. The van der Waals surface area contributed by atoms with E-state index in [9.17, 15) is 29.6 Å². The molecule has 11 nitrogen and oxygen atoms in total. The summed E-state index contributed by atoms with van der Waals surface area (Å²) in [5.74, 6) is 0. The third-order valence-corrected chi connectivity index (χ3v) is 3.89. The van der Waals surface area contributed by atoms with E-state index >= 15 is 0 Å². The summed E-state index contributed by atoms with van der Waals surface area (Å²) in [5, 5.41) is 21.1. The molecule has 0 bridgehead atoms. The lowest BCUT2D eigenvalue weighted by atomic mass is 10.0. The fraction of sp³-hybridized carbons (Fsp3) is 0.200. The van der Waals surface area contributed by atoms with Crippen LogP contribution >= 0.6 is 0 Å². The van der Waals surface area contributed by atoms with E-state index in [2.05, 4.69) is 15.0 Å². The first-order valence-corrected chi connectivity index (χ1v) is 7.42. The van der Waals surface area contributed by atoms with Crippen LogP contribution < -0.4 is 16.8 Å². The number of hydrogen-bond acceptors (Lipinski definition) is 7. The fourth-order valence-corrected chi connectivity index (χ4v) is 2.51. The highest BCUT2D eigenvalue weighted by Crippen LogP contribution is 2.21. The molecule has 3 aromatic rings. The van der Waals surface area contributed by atoms with E-state index in [0.717, 1.165) is 4.57 Å². The number of aliphatic hydroxyl groups excluding tert-OH is 1. The second-order valence-corrected chi connectivity index (χ2v) is 5.60. The molecule has 0 spiro atoms. The highest BCUT2D eigenvalue weighted by molar-refractivity contribution is 5.68. The van der Waals surface area contributed by atoms with Crippen molar-refractivity contribution < 1.29 is 10.0 Å². The Morgan fingerprint density at radius 2 is 2.00 bits per heavy atom. The molecule has 0 aliphatic heterocycles. The number of aliphatic hydroxyl groups is 1. The maximum atomic E-state index is 12.2. The number of nitro benzene ring substituents is 1. The maximum absolute atomic E-state index is 12.2. The van der Waals surface area contributed by atoms with Gasteiger partial charge in [-0.3, -0.25) is 29.3 Å². The first-order chi connectivity index (χ1) is 12.3. The van der Waals surface area contributed by atoms with Gasteiger partial charge in [0.25, 0.3) is 16.8 Å². The molecule has 2 heterocycles. The lowest BCUT2D eigenvalue weighted by molar-refractivity contribution is -0.385. The molecule has 3 rings (SSSR count). The number of aromatic nitrogens is 4. The molecule has 1 aromatic carbocycles. The summed E-state index contributed by atoms with van der Waals surface area (Å²) >= 11 is 0. The largest absolute Gasteiger partial charge is 0.388 e. The van der Waals surface area contributed by atoms with Crippen molar-refractivity contribution in [1.29, 1.82) is 0 Å². The van der Waals surface area contributed by atoms with E-state index < -0.39 is 27.8 Å². The highest BCUT2D eigenvalue weighted by atomic mass is 16.6. The van der Waals surface area contributed by atoms with Gasteiger partial charge in [0.15, 0.2) is 5.52 Å². The van der Waals surface area contributed by atoms with Crippen LogP contribution in [0, 0.1) is 10.1 Å². The molecule has 0 saturated carbocycles. The third kappa shape index (κ3) is 3.02. The predicted octanol–water partition coefficient (Wildman–Crippen LogP) is -0.506. The Morgan fingerprint density at radius 3 is 2.69 bits per heavy atom. The Hall–Kier alpha value is -3.60. The average molecular weight is 359 g/mol. The van der Waals surface area contributed by atoms with E-state index in [4.69, 9.17) is 0 Å². The lowest BCUT2D eigenvalue weighted by Gasteiger charge is -2.11. The third-order valence-electron chi connectivity index (χ3n) is 3.89. The molecule has 0 aliphatic rings. The Morgan fingerprint density at radius 1 is 1.27 bits per heavy atom. The number of H-pyrrole nitrogens is 2. The number of rotatable bonds is 4. The molecule has 0 aliphatic carbocycles. The number of fused-ring (bicyclic) bond motifs is 1. The summed E-state index contributed by atoms with van der Waals surface area (Å²) < 4.78 is 1.03. The van der Waals surface area contributed by atoms with Crippen LogP contribution in [-0.4, -0.2) is 29.5 Å². The quantitative estimate of drug-likeness (QED) is 0.417. The lowest BCUT2D eigenvalue weighted by Crippen LogP contribution is -2.32. The minimum Gasteiger partial charge on any atom is -0.388 e. The smallest absolute Gasteiger partial charge is 0.329 e. The van der Waals surface area contributed by atoms with Gasteiger partial charge < -0.3 is 10.1 Å². The van der Waals surface area contributed by atoms with Crippen LogP contribution in [0.15, 0.2) is 38.6 Å². The molecule has 0 fully saturated rings. The summed E-state index contributed by atoms with van der Waals surface area (Å²) in [4.78, 5) is 54.3. The fourth-order valence-electron chi connectivity index (χ4n) is 2.51. The number of non-ortho nitro benzene ring substituents is 1. The minimum absolute atomic E-state index is 0.0441. The van der Waals surface area contributed by atoms with Crippen molar-refractivity contribution in [2.75, 3.05) is 0 Å². The molecule has 26 heavy (non-hydrogen) atoms. The van der Waals surface area contributed by atoms with Gasteiger partial charge in [-0.2, -0.15) is 0 Å². The van der Waals surface area contributed by atoms with Crippen LogP contribution in [0.1, 0.15) is 17.4 Å². The van der Waals surface area contributed by atoms with E-state index in [1.807, 2.05) is 0 Å². The zero-order chi connectivity index (χ0) is 19.0. The van der Waals surface area contributed by atoms with Crippen LogP contribution in [0.25, 0.3) is 11.2 Å². The van der Waals surface area contributed by atoms with Gasteiger partial charge in [-0.05, 0) is 5.56 Å². The summed E-state index contributed by atoms with van der Waals surface area (Å²) in [7, 11) is 1.36. The molecule has 0 saturated heterocycles. The van der Waals surface area contributed by atoms with Crippen LogP contribution in [0.3, 0.4) is 0 Å². The zero-order valence-electron chi connectivity index (χ0n) is 13.4. The van der Waals surface area contributed by atoms with Crippen LogP contribution in [0.4, 0.5) is 5.69 Å². The molecule has 1 atom stereocenters. The SMILES string of the molecule is Cn1c(=O)[nH]c(=O)c2nc(C[C@@H](O)c3cccc([N+](=O)[O-])c3)c(=O)[nH]c21. The standard InChI is InChI=1S/C15H13N5O6/c1-19-12-11(14(23)18-15(19)24)16-9(13(22)17-12)6-10(21)7-3-2-4-8(5-7)20(25)26/h2-5,10,21H,6H2,1H3,(H,17,22)(H,18,23,24)/t10-/m1/s1. The molecule has 3 N–H and O–H groups in total. The molecule has 134 valence electrons. The topological polar surface area (TPSA) is 164 Å². The minimum atomic E-state index is -1.24. The number of hydrogen-bond donors (Lipinski definition) is 3. The van der Waals surface area contributed by atoms with Gasteiger partial charge in [0.1, 0.15) is 11.3 Å². The van der Waals surface area contributed by atoms with E-state index in [-0.39, 0.29) is 34.5 Å². The van der Waals surface area contributed by atoms with Crippen molar-refractivity contribution >= 4 is 16.9 Å². The Bertz CT molecular complexity index is 1190. The molecule has 0 amide bonds. The number of nitrogens with one attached hydrogen (secondary N) is 2. The molecule has 0 radical (unpaired) electrons. The van der Waals surface area contributed by atoms with Crippen molar-refractivity contribution in [3.63, 3.8) is 0 Å². The van der Waals surface area contributed by atoms with Gasteiger partial charge in [0.2, 0.25) is 0 Å². The molecular formula is C15H13N5O6. The number of benzene rings is 1. The first kappa shape index (κ1) is 17.2. The van der Waals surface area contributed by atoms with Crippen molar-refractivity contribution in [3.8, 4) is 0 Å². The number of aryl methyl sites for hydroxylation is 1. The summed E-state index contributed by atoms with van der Waals surface area (Å²) in [6, 6.07) is 5.35. The van der Waals surface area contributed by atoms with Crippen molar-refractivity contribution in [3.05, 3.63) is 76.8 Å². The van der Waals surface area contributed by atoms with E-state index in [0.29, 0.717) is 0 Å². The first-order valence-electron chi connectivity index (χ1n) is 7.42. The van der Waals surface area contributed by atoms with Crippen molar-refractivity contribution in [1.82, 2.24) is 19.5 Å². The molecule has 0 unspecified atom stereocenters. The van der Waals surface area contributed by atoms with E-state index in [1.165, 1.54) is 31.3 Å². The van der Waals surface area contributed by atoms with Crippen molar-refractivity contribution in [2.24, 2.45) is 7.05 Å². The zero-order valence-corrected chi connectivity index (χ0v) is 13.4.